The molecule has 1 aromatic rings. The number of sulfonamides is 1. The third-order valence-electron chi connectivity index (χ3n) is 4.48. The van der Waals surface area contributed by atoms with Crippen LogP contribution in [0.5, 0.6) is 5.75 Å². The van der Waals surface area contributed by atoms with E-state index >= 15 is 0 Å². The van der Waals surface area contributed by atoms with Crippen LogP contribution < -0.4 is 10.1 Å². The van der Waals surface area contributed by atoms with Crippen LogP contribution in [0.25, 0.3) is 0 Å². The molecule has 0 spiro atoms. The van der Waals surface area contributed by atoms with Crippen molar-refractivity contribution in [3.05, 3.63) is 24.3 Å². The lowest BCUT2D eigenvalue weighted by Gasteiger charge is -2.31. The maximum Gasteiger partial charge on any atom is 0.243 e. The Morgan fingerprint density at radius 2 is 1.83 bits per heavy atom. The molecule has 1 heterocycles. The number of amides is 1. The average molecular weight is 338 g/mol. The lowest BCUT2D eigenvalue weighted by Crippen LogP contribution is -2.55. The van der Waals surface area contributed by atoms with Crippen molar-refractivity contribution in [1.82, 2.24) is 9.62 Å². The van der Waals surface area contributed by atoms with Crippen LogP contribution in [0.2, 0.25) is 0 Å². The van der Waals surface area contributed by atoms with Crippen molar-refractivity contribution in [1.29, 1.82) is 0 Å². The van der Waals surface area contributed by atoms with Gasteiger partial charge in [0.05, 0.1) is 11.0 Å². The van der Waals surface area contributed by atoms with Gasteiger partial charge in [-0.25, -0.2) is 8.42 Å². The van der Waals surface area contributed by atoms with Crippen molar-refractivity contribution in [2.75, 3.05) is 13.1 Å². The number of hydrogen-bond acceptors (Lipinski definition) is 4. The summed E-state index contributed by atoms with van der Waals surface area (Å²) in [6.07, 6.45) is 4.72. The largest absolute Gasteiger partial charge is 0.490 e. The van der Waals surface area contributed by atoms with E-state index in [1.54, 1.807) is 31.2 Å². The SMILES string of the molecule is CC1C(=O)NCCN1S(=O)(=O)c1ccc(OC2CCCC2)cc1. The molecule has 0 bridgehead atoms. The van der Waals surface area contributed by atoms with E-state index in [1.807, 2.05) is 0 Å². The van der Waals surface area contributed by atoms with Crippen molar-refractivity contribution < 1.29 is 17.9 Å². The molecule has 6 nitrogen and oxygen atoms in total. The Bertz CT molecular complexity index is 666. The Hall–Kier alpha value is -1.60. The molecular formula is C16H22N2O4S. The molecule has 0 radical (unpaired) electrons. The summed E-state index contributed by atoms with van der Waals surface area (Å²) in [5.41, 5.74) is 0. The number of benzene rings is 1. The highest BCUT2D eigenvalue weighted by Gasteiger charge is 2.35. The van der Waals surface area contributed by atoms with Crippen LogP contribution in [0.1, 0.15) is 32.6 Å². The molecule has 1 unspecified atom stereocenters. The molecule has 2 aliphatic rings. The molecule has 0 aromatic heterocycles. The minimum absolute atomic E-state index is 0.192. The Morgan fingerprint density at radius 1 is 1.17 bits per heavy atom. The molecule has 1 atom stereocenters. The number of nitrogens with one attached hydrogen (secondary N) is 1. The van der Waals surface area contributed by atoms with Gasteiger partial charge < -0.3 is 10.1 Å². The standard InChI is InChI=1S/C16H22N2O4S/c1-12-16(19)17-10-11-18(12)23(20,21)15-8-6-14(7-9-15)22-13-4-2-3-5-13/h6-9,12-13H,2-5,10-11H2,1H3,(H,17,19). The smallest absolute Gasteiger partial charge is 0.243 e. The Morgan fingerprint density at radius 3 is 2.48 bits per heavy atom. The zero-order valence-corrected chi connectivity index (χ0v) is 14.0. The second-order valence-corrected chi connectivity index (χ2v) is 7.97. The van der Waals surface area contributed by atoms with E-state index in [0.29, 0.717) is 12.3 Å². The first-order valence-corrected chi connectivity index (χ1v) is 9.49. The fourth-order valence-corrected chi connectivity index (χ4v) is 4.71. The summed E-state index contributed by atoms with van der Waals surface area (Å²) in [7, 11) is -3.67. The van der Waals surface area contributed by atoms with Crippen LogP contribution in [0.4, 0.5) is 0 Å². The number of piperazine rings is 1. The fourth-order valence-electron chi connectivity index (χ4n) is 3.11. The van der Waals surface area contributed by atoms with E-state index in [0.717, 1.165) is 12.8 Å². The van der Waals surface area contributed by atoms with Crippen molar-refractivity contribution in [2.45, 2.75) is 49.6 Å². The fraction of sp³-hybridized carbons (Fsp3) is 0.562. The van der Waals surface area contributed by atoms with E-state index in [4.69, 9.17) is 4.74 Å². The number of hydrogen-bond donors (Lipinski definition) is 1. The molecule has 7 heteroatoms. The number of carbonyl (C=O) groups excluding carboxylic acids is 1. The quantitative estimate of drug-likeness (QED) is 0.903. The molecule has 1 aromatic carbocycles. The van der Waals surface area contributed by atoms with Crippen LogP contribution in [0.3, 0.4) is 0 Å². The summed E-state index contributed by atoms with van der Waals surface area (Å²) in [5, 5.41) is 2.67. The first-order valence-electron chi connectivity index (χ1n) is 8.05. The highest BCUT2D eigenvalue weighted by molar-refractivity contribution is 7.89. The van der Waals surface area contributed by atoms with Gasteiger partial charge in [0.25, 0.3) is 0 Å². The molecule has 23 heavy (non-hydrogen) atoms. The average Bonchev–Trinajstić information content (AvgIpc) is 3.03. The molecule has 126 valence electrons. The predicted octanol–water partition coefficient (Wildman–Crippen LogP) is 1.52. The first-order chi connectivity index (χ1) is 11.0. The zero-order valence-electron chi connectivity index (χ0n) is 13.2. The molecule has 1 aliphatic carbocycles. The normalized spacial score (nSPS) is 23.7. The van der Waals surface area contributed by atoms with Crippen LogP contribution in [-0.4, -0.2) is 43.9 Å². The molecule has 1 aliphatic heterocycles. The Kier molecular flexibility index (Phi) is 4.59. The van der Waals surface area contributed by atoms with Gasteiger partial charge in [-0.15, -0.1) is 0 Å². The summed E-state index contributed by atoms with van der Waals surface area (Å²) in [4.78, 5) is 11.9. The van der Waals surface area contributed by atoms with Crippen molar-refractivity contribution in [3.63, 3.8) is 0 Å². The van der Waals surface area contributed by atoms with Crippen molar-refractivity contribution >= 4 is 15.9 Å². The lowest BCUT2D eigenvalue weighted by molar-refractivity contribution is -0.126. The summed E-state index contributed by atoms with van der Waals surface area (Å²) < 4.78 is 32.5. The molecule has 2 fully saturated rings. The highest BCUT2D eigenvalue weighted by Crippen LogP contribution is 2.26. The highest BCUT2D eigenvalue weighted by atomic mass is 32.2. The maximum atomic E-state index is 12.7. The maximum absolute atomic E-state index is 12.7. The van der Waals surface area contributed by atoms with E-state index in [1.165, 1.54) is 17.1 Å². The summed E-state index contributed by atoms with van der Waals surface area (Å²) in [5.74, 6) is 0.432. The van der Waals surface area contributed by atoms with Gasteiger partial charge in [0, 0.05) is 13.1 Å². The summed E-state index contributed by atoms with van der Waals surface area (Å²) in [6.45, 7) is 2.23. The van der Waals surface area contributed by atoms with Gasteiger partial charge in [-0.05, 0) is 56.9 Å². The number of rotatable bonds is 4. The number of carbonyl (C=O) groups is 1. The summed E-state index contributed by atoms with van der Waals surface area (Å²) >= 11 is 0. The second-order valence-electron chi connectivity index (χ2n) is 6.08. The van der Waals surface area contributed by atoms with Gasteiger partial charge in [-0.2, -0.15) is 4.31 Å². The van der Waals surface area contributed by atoms with Gasteiger partial charge in [0.2, 0.25) is 15.9 Å². The molecular weight excluding hydrogens is 316 g/mol. The topological polar surface area (TPSA) is 75.7 Å². The van der Waals surface area contributed by atoms with Gasteiger partial charge in [-0.3, -0.25) is 4.79 Å². The van der Waals surface area contributed by atoms with Gasteiger partial charge >= 0.3 is 0 Å². The van der Waals surface area contributed by atoms with E-state index in [9.17, 15) is 13.2 Å². The molecule has 1 saturated heterocycles. The Balaban J connectivity index is 1.76. The van der Waals surface area contributed by atoms with Gasteiger partial charge in [-0.1, -0.05) is 0 Å². The zero-order chi connectivity index (χ0) is 16.4. The van der Waals surface area contributed by atoms with Crippen LogP contribution in [0, 0.1) is 0 Å². The third-order valence-corrected chi connectivity index (χ3v) is 6.46. The number of ether oxygens (including phenoxy) is 1. The van der Waals surface area contributed by atoms with Crippen molar-refractivity contribution in [2.24, 2.45) is 0 Å². The molecule has 3 rings (SSSR count). The summed E-state index contributed by atoms with van der Waals surface area (Å²) in [6, 6.07) is 5.81. The molecule has 1 N–H and O–H groups in total. The first kappa shape index (κ1) is 16.3. The Labute approximate surface area is 136 Å². The number of nitrogens with zero attached hydrogens (tertiary/aromatic N) is 1. The van der Waals surface area contributed by atoms with Crippen molar-refractivity contribution in [3.8, 4) is 5.75 Å². The monoisotopic (exact) mass is 338 g/mol. The van der Waals surface area contributed by atoms with E-state index in [-0.39, 0.29) is 23.5 Å². The van der Waals surface area contributed by atoms with Crippen LogP contribution >= 0.6 is 0 Å². The second kappa shape index (κ2) is 6.49. The van der Waals surface area contributed by atoms with Gasteiger partial charge in [0.15, 0.2) is 0 Å². The minimum Gasteiger partial charge on any atom is -0.490 e. The lowest BCUT2D eigenvalue weighted by atomic mass is 10.2. The van der Waals surface area contributed by atoms with Crippen LogP contribution in [0.15, 0.2) is 29.2 Å². The molecule has 1 amide bonds. The predicted molar refractivity (Wildman–Crippen MR) is 85.7 cm³/mol. The molecule has 1 saturated carbocycles. The third kappa shape index (κ3) is 3.35. The van der Waals surface area contributed by atoms with E-state index in [2.05, 4.69) is 5.32 Å². The van der Waals surface area contributed by atoms with Crippen LogP contribution in [-0.2, 0) is 14.8 Å². The van der Waals surface area contributed by atoms with Gasteiger partial charge in [0.1, 0.15) is 11.8 Å². The van der Waals surface area contributed by atoms with E-state index < -0.39 is 16.1 Å². The minimum atomic E-state index is -3.67.